The molecule has 43 heavy (non-hydrogen) atoms. The van der Waals surface area contributed by atoms with Gasteiger partial charge in [0, 0.05) is 34.8 Å². The van der Waals surface area contributed by atoms with Gasteiger partial charge in [-0.2, -0.15) is 0 Å². The number of aromatic nitrogens is 2. The van der Waals surface area contributed by atoms with Gasteiger partial charge >= 0.3 is 5.97 Å². The lowest BCUT2D eigenvalue weighted by Crippen LogP contribution is -2.51. The van der Waals surface area contributed by atoms with Gasteiger partial charge in [0.05, 0.1) is 4.88 Å². The molecule has 2 aromatic heterocycles. The smallest absolute Gasteiger partial charge is 0.325 e. The van der Waals surface area contributed by atoms with Crippen LogP contribution in [0.3, 0.4) is 0 Å². The van der Waals surface area contributed by atoms with Crippen LogP contribution < -0.4 is 10.6 Å². The number of hydrogen-bond donors (Lipinski definition) is 3. The molecule has 0 saturated heterocycles. The normalized spacial score (nSPS) is 12.9. The molecule has 0 fully saturated rings. The molecule has 2 aromatic carbocycles. The number of benzene rings is 2. The summed E-state index contributed by atoms with van der Waals surface area (Å²) in [6.07, 6.45) is 3.80. The maximum absolute atomic E-state index is 13.1. The molecule has 0 radical (unpaired) electrons. The van der Waals surface area contributed by atoms with E-state index in [2.05, 4.69) is 67.4 Å². The Morgan fingerprint density at radius 1 is 0.860 bits per heavy atom. The van der Waals surface area contributed by atoms with Crippen molar-refractivity contribution in [2.75, 3.05) is 0 Å². The number of thiophene rings is 1. The van der Waals surface area contributed by atoms with Crippen LogP contribution in [0.4, 0.5) is 0 Å². The summed E-state index contributed by atoms with van der Waals surface area (Å²) in [5, 5.41) is 14.6. The van der Waals surface area contributed by atoms with E-state index in [-0.39, 0.29) is 17.7 Å². The molecule has 8 nitrogen and oxygen atoms in total. The second kappa shape index (κ2) is 13.3. The lowest BCUT2D eigenvalue weighted by atomic mass is 9.95. The fourth-order valence-electron chi connectivity index (χ4n) is 4.41. The van der Waals surface area contributed by atoms with Crippen LogP contribution >= 0.6 is 11.3 Å². The highest BCUT2D eigenvalue weighted by molar-refractivity contribution is 7.14. The molecule has 0 aliphatic rings. The van der Waals surface area contributed by atoms with Crippen molar-refractivity contribution in [1.29, 1.82) is 0 Å². The Labute approximate surface area is 256 Å². The predicted molar refractivity (Wildman–Crippen MR) is 170 cm³/mol. The van der Waals surface area contributed by atoms with E-state index in [1.165, 1.54) is 23.8 Å². The molecule has 0 aliphatic heterocycles. The molecule has 0 bridgehead atoms. The second-order valence-corrected chi connectivity index (χ2v) is 13.1. The van der Waals surface area contributed by atoms with E-state index in [0.717, 1.165) is 27.1 Å². The molecule has 0 aliphatic carbocycles. The van der Waals surface area contributed by atoms with Crippen LogP contribution in [0.25, 0.3) is 22.5 Å². The topological polar surface area (TPSA) is 121 Å². The molecule has 4 aromatic rings. The van der Waals surface area contributed by atoms with E-state index in [4.69, 9.17) is 0 Å². The number of carboxylic acids is 1. The van der Waals surface area contributed by atoms with Crippen molar-refractivity contribution in [1.82, 2.24) is 20.6 Å². The van der Waals surface area contributed by atoms with Crippen LogP contribution in [0.5, 0.6) is 0 Å². The minimum atomic E-state index is -1.16. The third-order valence-corrected chi connectivity index (χ3v) is 8.62. The lowest BCUT2D eigenvalue weighted by Gasteiger charge is -2.20. The van der Waals surface area contributed by atoms with Gasteiger partial charge in [-0.1, -0.05) is 83.1 Å². The van der Waals surface area contributed by atoms with Crippen LogP contribution in [0.2, 0.25) is 0 Å². The van der Waals surface area contributed by atoms with Gasteiger partial charge in [0.15, 0.2) is 5.82 Å². The summed E-state index contributed by atoms with van der Waals surface area (Å²) in [4.78, 5) is 48.2. The summed E-state index contributed by atoms with van der Waals surface area (Å²) in [6, 6.07) is 17.4. The fraction of sp³-hybridized carbons (Fsp3) is 0.324. The van der Waals surface area contributed by atoms with Gasteiger partial charge in [0.2, 0.25) is 5.91 Å². The Hall–Kier alpha value is -4.37. The van der Waals surface area contributed by atoms with Crippen molar-refractivity contribution in [2.45, 2.75) is 71.4 Å². The van der Waals surface area contributed by atoms with Gasteiger partial charge in [-0.15, -0.1) is 11.3 Å². The first-order valence-electron chi connectivity index (χ1n) is 14.3. The third-order valence-electron chi connectivity index (χ3n) is 7.11. The van der Waals surface area contributed by atoms with Crippen LogP contribution in [-0.2, 0) is 21.4 Å². The minimum absolute atomic E-state index is 0.110. The highest BCUT2D eigenvalue weighted by atomic mass is 32.1. The van der Waals surface area contributed by atoms with E-state index in [1.54, 1.807) is 6.07 Å². The predicted octanol–water partition coefficient (Wildman–Crippen LogP) is 6.22. The number of amides is 2. The first kappa shape index (κ1) is 31.6. The third kappa shape index (κ3) is 8.14. The number of nitrogens with zero attached hydrogens (tertiary/aromatic N) is 2. The fourth-order valence-corrected chi connectivity index (χ4v) is 5.37. The van der Waals surface area contributed by atoms with Crippen LogP contribution in [0, 0.1) is 0 Å². The van der Waals surface area contributed by atoms with E-state index in [1.807, 2.05) is 54.9 Å². The lowest BCUT2D eigenvalue weighted by molar-refractivity contribution is -0.141. The highest BCUT2D eigenvalue weighted by Gasteiger charge is 2.26. The van der Waals surface area contributed by atoms with E-state index < -0.39 is 24.0 Å². The number of aliphatic carboxylic acids is 1. The first-order valence-corrected chi connectivity index (χ1v) is 15.1. The largest absolute Gasteiger partial charge is 0.480 e. The summed E-state index contributed by atoms with van der Waals surface area (Å²) in [6.45, 7) is 11.9. The maximum atomic E-state index is 13.1. The quantitative estimate of drug-likeness (QED) is 0.199. The number of carbonyl (C=O) groups excluding carboxylic acids is 2. The number of hydrogen-bond acceptors (Lipinski definition) is 6. The molecule has 224 valence electrons. The van der Waals surface area contributed by atoms with Crippen LogP contribution in [0.15, 0.2) is 73.1 Å². The Kier molecular flexibility index (Phi) is 9.76. The Morgan fingerprint density at radius 2 is 1.53 bits per heavy atom. The van der Waals surface area contributed by atoms with Gasteiger partial charge in [0.25, 0.3) is 5.91 Å². The van der Waals surface area contributed by atoms with Crippen molar-refractivity contribution in [3.05, 3.63) is 93.9 Å². The summed E-state index contributed by atoms with van der Waals surface area (Å²) >= 11 is 1.38. The van der Waals surface area contributed by atoms with Crippen LogP contribution in [-0.4, -0.2) is 44.9 Å². The summed E-state index contributed by atoms with van der Waals surface area (Å²) in [7, 11) is 0. The van der Waals surface area contributed by atoms with Gasteiger partial charge < -0.3 is 15.7 Å². The van der Waals surface area contributed by atoms with E-state index >= 15 is 0 Å². The molecular formula is C34H38N4O4S. The summed E-state index contributed by atoms with van der Waals surface area (Å²) < 4.78 is 0. The second-order valence-electron chi connectivity index (χ2n) is 12.0. The molecule has 0 saturated carbocycles. The molecule has 2 amide bonds. The zero-order chi connectivity index (χ0) is 31.3. The van der Waals surface area contributed by atoms with Gasteiger partial charge in [-0.25, -0.2) is 9.97 Å². The Balaban J connectivity index is 1.50. The standard InChI is InChI=1S/C34H38N4O4S/c1-20(2)24-8-7-9-25(17-24)26-18-35-30(36-19-26)23-12-10-22(11-13-23)16-27(31(39)37-21(3)33(41)42)38-32(40)28-14-15-29(43-28)34(4,5)6/h7-15,17-21,27H,16H2,1-6H3,(H,37,39)(H,38,40)(H,41,42)/t21-,27+/m1/s1. The molecule has 2 heterocycles. The van der Waals surface area contributed by atoms with Crippen molar-refractivity contribution in [3.63, 3.8) is 0 Å². The average molecular weight is 599 g/mol. The van der Waals surface area contributed by atoms with Crippen molar-refractivity contribution < 1.29 is 19.5 Å². The number of carbonyl (C=O) groups is 3. The maximum Gasteiger partial charge on any atom is 0.325 e. The molecule has 0 spiro atoms. The molecule has 0 unspecified atom stereocenters. The molecule has 4 rings (SSSR count). The van der Waals surface area contributed by atoms with Crippen molar-refractivity contribution in [3.8, 4) is 22.5 Å². The molecular weight excluding hydrogens is 560 g/mol. The number of carboxylic acid groups (broad SMARTS) is 1. The molecule has 9 heteroatoms. The van der Waals surface area contributed by atoms with Crippen molar-refractivity contribution >= 4 is 29.1 Å². The average Bonchev–Trinajstić information content (AvgIpc) is 3.49. The summed E-state index contributed by atoms with van der Waals surface area (Å²) in [5.74, 6) is -1.11. The molecule has 2 atom stereocenters. The zero-order valence-corrected chi connectivity index (χ0v) is 26.2. The minimum Gasteiger partial charge on any atom is -0.480 e. The van der Waals surface area contributed by atoms with Gasteiger partial charge in [0.1, 0.15) is 12.1 Å². The van der Waals surface area contributed by atoms with Gasteiger partial charge in [-0.3, -0.25) is 14.4 Å². The van der Waals surface area contributed by atoms with E-state index in [0.29, 0.717) is 16.6 Å². The first-order chi connectivity index (χ1) is 20.3. The van der Waals surface area contributed by atoms with Gasteiger partial charge in [-0.05, 0) is 47.1 Å². The summed E-state index contributed by atoms with van der Waals surface area (Å²) in [5.41, 5.74) is 4.74. The van der Waals surface area contributed by atoms with E-state index in [9.17, 15) is 19.5 Å². The monoisotopic (exact) mass is 598 g/mol. The number of nitrogens with one attached hydrogen (secondary N) is 2. The zero-order valence-electron chi connectivity index (χ0n) is 25.3. The molecule has 3 N–H and O–H groups in total. The Morgan fingerprint density at radius 3 is 2.12 bits per heavy atom. The van der Waals surface area contributed by atoms with Crippen LogP contribution in [0.1, 0.15) is 73.1 Å². The Bertz CT molecular complexity index is 1590. The van der Waals surface area contributed by atoms with Crippen molar-refractivity contribution in [2.24, 2.45) is 0 Å². The highest BCUT2D eigenvalue weighted by Crippen LogP contribution is 2.29. The SMILES string of the molecule is CC(C)c1cccc(-c2cnc(-c3ccc(C[C@H](NC(=O)c4ccc(C(C)(C)C)s4)C(=O)N[C@H](C)C(=O)O)cc3)nc2)c1. The number of rotatable bonds is 10.